The summed E-state index contributed by atoms with van der Waals surface area (Å²) in [5.41, 5.74) is 2.66. The molecule has 2 heterocycles. The predicted octanol–water partition coefficient (Wildman–Crippen LogP) is 2.28. The van der Waals surface area contributed by atoms with Crippen molar-refractivity contribution in [1.29, 1.82) is 0 Å². The summed E-state index contributed by atoms with van der Waals surface area (Å²) in [6.45, 7) is 3.16. The molecule has 0 radical (unpaired) electrons. The van der Waals surface area contributed by atoms with Gasteiger partial charge in [-0.15, -0.1) is 0 Å². The van der Waals surface area contributed by atoms with Gasteiger partial charge in [-0.1, -0.05) is 25.1 Å². The molecule has 0 saturated carbocycles. The largest absolute Gasteiger partial charge is 0.372 e. The third kappa shape index (κ3) is 3.63. The molecule has 2 amide bonds. The van der Waals surface area contributed by atoms with E-state index in [1.54, 1.807) is 23.2 Å². The molecule has 130 valence electrons. The van der Waals surface area contributed by atoms with Crippen LogP contribution in [-0.2, 0) is 16.1 Å². The zero-order valence-corrected chi connectivity index (χ0v) is 14.5. The minimum atomic E-state index is -0.631. The van der Waals surface area contributed by atoms with E-state index in [0.29, 0.717) is 18.8 Å². The fourth-order valence-corrected chi connectivity index (χ4v) is 3.18. The fourth-order valence-electron chi connectivity index (χ4n) is 3.18. The molecule has 1 N–H and O–H groups in total. The van der Waals surface area contributed by atoms with E-state index < -0.39 is 11.8 Å². The number of nitrogens with one attached hydrogen (secondary N) is 1. The van der Waals surface area contributed by atoms with Gasteiger partial charge in [0.25, 0.3) is 0 Å². The Morgan fingerprint density at radius 2 is 2.04 bits per heavy atom. The number of carbonyl (C=O) groups is 2. The van der Waals surface area contributed by atoms with Crippen molar-refractivity contribution in [3.05, 3.63) is 54.4 Å². The number of pyridine rings is 1. The zero-order chi connectivity index (χ0) is 17.8. The molecule has 6 heteroatoms. The number of likely N-dealkylation sites (N-methyl/N-ethyl adjacent to an activating group) is 1. The summed E-state index contributed by atoms with van der Waals surface area (Å²) in [6.07, 6.45) is 3.92. The number of nitrogens with zero attached hydrogens (tertiary/aromatic N) is 3. The molecule has 1 aliphatic rings. The number of amides is 2. The molecule has 1 aromatic heterocycles. The lowest BCUT2D eigenvalue weighted by Gasteiger charge is -2.30. The van der Waals surface area contributed by atoms with Crippen LogP contribution >= 0.6 is 0 Å². The average molecular weight is 338 g/mol. The number of aromatic nitrogens is 1. The van der Waals surface area contributed by atoms with Crippen LogP contribution < -0.4 is 10.2 Å². The van der Waals surface area contributed by atoms with E-state index in [-0.39, 0.29) is 6.04 Å². The van der Waals surface area contributed by atoms with Crippen LogP contribution in [0.3, 0.4) is 0 Å². The molecular formula is C19H22N4O2. The van der Waals surface area contributed by atoms with Gasteiger partial charge in [0.05, 0.1) is 11.9 Å². The molecule has 0 saturated heterocycles. The fraction of sp³-hybridized carbons (Fsp3) is 0.316. The lowest BCUT2D eigenvalue weighted by molar-refractivity contribution is -0.145. The molecule has 1 unspecified atom stereocenters. The van der Waals surface area contributed by atoms with Gasteiger partial charge in [0, 0.05) is 38.1 Å². The van der Waals surface area contributed by atoms with Crippen molar-refractivity contribution in [3.63, 3.8) is 0 Å². The van der Waals surface area contributed by atoms with Crippen LogP contribution in [0.2, 0.25) is 0 Å². The van der Waals surface area contributed by atoms with E-state index in [0.717, 1.165) is 17.7 Å². The molecule has 0 aliphatic carbocycles. The van der Waals surface area contributed by atoms with E-state index in [1.165, 1.54) is 6.20 Å². The normalized spacial score (nSPS) is 16.8. The first kappa shape index (κ1) is 17.0. The highest BCUT2D eigenvalue weighted by Crippen LogP contribution is 2.27. The number of anilines is 2. The summed E-state index contributed by atoms with van der Waals surface area (Å²) in [7, 11) is 2.02. The number of hydrogen-bond acceptors (Lipinski definition) is 4. The number of carbonyl (C=O) groups excluding carboxylic acids is 2. The molecule has 0 fully saturated rings. The van der Waals surface area contributed by atoms with Crippen molar-refractivity contribution in [2.75, 3.05) is 23.8 Å². The Morgan fingerprint density at radius 1 is 1.24 bits per heavy atom. The highest BCUT2D eigenvalue weighted by atomic mass is 16.2. The smallest absolute Gasteiger partial charge is 0.313 e. The molecule has 2 aromatic rings. The second kappa shape index (κ2) is 7.34. The Morgan fingerprint density at radius 3 is 2.76 bits per heavy atom. The van der Waals surface area contributed by atoms with E-state index in [1.807, 2.05) is 38.2 Å². The van der Waals surface area contributed by atoms with Gasteiger partial charge in [-0.2, -0.15) is 0 Å². The second-order valence-electron chi connectivity index (χ2n) is 6.20. The van der Waals surface area contributed by atoms with Crippen molar-refractivity contribution in [2.45, 2.75) is 25.9 Å². The maximum atomic E-state index is 12.8. The van der Waals surface area contributed by atoms with Gasteiger partial charge in [-0.25, -0.2) is 0 Å². The molecular weight excluding hydrogens is 316 g/mol. The summed E-state index contributed by atoms with van der Waals surface area (Å²) in [4.78, 5) is 33.0. The highest BCUT2D eigenvalue weighted by Gasteiger charge is 2.32. The van der Waals surface area contributed by atoms with Crippen LogP contribution in [0.15, 0.2) is 48.8 Å². The number of benzene rings is 1. The number of para-hydroxylation sites is 1. The average Bonchev–Trinajstić information content (AvgIpc) is 2.78. The SMILES string of the molecule is CCC1CN(C)c2ccccc2CN1C(=O)C(=O)Nc1cccnc1. The Labute approximate surface area is 147 Å². The predicted molar refractivity (Wildman–Crippen MR) is 97.2 cm³/mol. The van der Waals surface area contributed by atoms with Crippen LogP contribution in [0, 0.1) is 0 Å². The quantitative estimate of drug-likeness (QED) is 0.853. The minimum absolute atomic E-state index is 0.0236. The summed E-state index contributed by atoms with van der Waals surface area (Å²) >= 11 is 0. The summed E-state index contributed by atoms with van der Waals surface area (Å²) in [5.74, 6) is -1.14. The molecule has 25 heavy (non-hydrogen) atoms. The summed E-state index contributed by atoms with van der Waals surface area (Å²) < 4.78 is 0. The maximum Gasteiger partial charge on any atom is 0.313 e. The standard InChI is InChI=1S/C19H22N4O2/c1-3-16-13-22(2)17-9-5-4-7-14(17)12-23(16)19(25)18(24)21-15-8-6-10-20-11-15/h4-11,16H,3,12-13H2,1-2H3,(H,21,24). The number of fused-ring (bicyclic) bond motifs is 1. The molecule has 0 bridgehead atoms. The lowest BCUT2D eigenvalue weighted by atomic mass is 10.1. The summed E-state index contributed by atoms with van der Waals surface area (Å²) in [5, 5.41) is 2.63. The van der Waals surface area contributed by atoms with Gasteiger partial charge in [0.2, 0.25) is 0 Å². The van der Waals surface area contributed by atoms with E-state index >= 15 is 0 Å². The van der Waals surface area contributed by atoms with Gasteiger partial charge >= 0.3 is 11.8 Å². The van der Waals surface area contributed by atoms with Gasteiger partial charge < -0.3 is 15.1 Å². The van der Waals surface area contributed by atoms with E-state index in [4.69, 9.17) is 0 Å². The Kier molecular flexibility index (Phi) is 4.97. The van der Waals surface area contributed by atoms with Crippen LogP contribution in [-0.4, -0.2) is 41.3 Å². The van der Waals surface area contributed by atoms with Crippen molar-refractivity contribution in [2.24, 2.45) is 0 Å². The molecule has 3 rings (SSSR count). The first-order valence-corrected chi connectivity index (χ1v) is 8.41. The third-order valence-electron chi connectivity index (χ3n) is 4.51. The minimum Gasteiger partial charge on any atom is -0.372 e. The molecule has 1 atom stereocenters. The van der Waals surface area contributed by atoms with E-state index in [9.17, 15) is 9.59 Å². The number of hydrogen-bond donors (Lipinski definition) is 1. The van der Waals surface area contributed by atoms with Crippen LogP contribution in [0.5, 0.6) is 0 Å². The van der Waals surface area contributed by atoms with Gasteiger partial charge in [-0.3, -0.25) is 14.6 Å². The second-order valence-corrected chi connectivity index (χ2v) is 6.20. The van der Waals surface area contributed by atoms with Gasteiger partial charge in [0.15, 0.2) is 0 Å². The molecule has 1 aliphatic heterocycles. The lowest BCUT2D eigenvalue weighted by Crippen LogP contribution is -2.47. The molecule has 0 spiro atoms. The third-order valence-corrected chi connectivity index (χ3v) is 4.51. The van der Waals surface area contributed by atoms with E-state index in [2.05, 4.69) is 15.2 Å². The Bertz CT molecular complexity index is 763. The first-order valence-electron chi connectivity index (χ1n) is 8.41. The topological polar surface area (TPSA) is 65.5 Å². The monoisotopic (exact) mass is 338 g/mol. The highest BCUT2D eigenvalue weighted by molar-refractivity contribution is 6.39. The van der Waals surface area contributed by atoms with Crippen LogP contribution in [0.25, 0.3) is 0 Å². The van der Waals surface area contributed by atoms with Crippen molar-refractivity contribution in [1.82, 2.24) is 9.88 Å². The Balaban J connectivity index is 1.83. The van der Waals surface area contributed by atoms with Crippen molar-refractivity contribution in [3.8, 4) is 0 Å². The summed E-state index contributed by atoms with van der Waals surface area (Å²) in [6, 6.07) is 11.4. The van der Waals surface area contributed by atoms with Crippen molar-refractivity contribution < 1.29 is 9.59 Å². The Hall–Kier alpha value is -2.89. The number of rotatable bonds is 2. The first-order chi connectivity index (χ1) is 12.1. The van der Waals surface area contributed by atoms with Crippen LogP contribution in [0.1, 0.15) is 18.9 Å². The maximum absolute atomic E-state index is 12.8. The molecule has 6 nitrogen and oxygen atoms in total. The van der Waals surface area contributed by atoms with Crippen molar-refractivity contribution >= 4 is 23.2 Å². The van der Waals surface area contributed by atoms with Gasteiger partial charge in [0.1, 0.15) is 0 Å². The molecule has 1 aromatic carbocycles. The van der Waals surface area contributed by atoms with Gasteiger partial charge in [-0.05, 0) is 30.2 Å². The zero-order valence-electron chi connectivity index (χ0n) is 14.5. The van der Waals surface area contributed by atoms with Crippen LogP contribution in [0.4, 0.5) is 11.4 Å².